The van der Waals surface area contributed by atoms with Crippen LogP contribution in [0.25, 0.3) is 0 Å². The molecule has 1 aliphatic rings. The minimum absolute atomic E-state index is 0.0389. The van der Waals surface area contributed by atoms with Gasteiger partial charge in [-0.15, -0.1) is 0 Å². The van der Waals surface area contributed by atoms with E-state index in [1.54, 1.807) is 12.1 Å². The van der Waals surface area contributed by atoms with Crippen molar-refractivity contribution < 1.29 is 17.9 Å². The molecule has 6 nitrogen and oxygen atoms in total. The Morgan fingerprint density at radius 2 is 1.81 bits per heavy atom. The molecule has 27 heavy (non-hydrogen) atoms. The van der Waals surface area contributed by atoms with Crippen LogP contribution < -0.4 is 10.1 Å². The first kappa shape index (κ1) is 19.9. The SMILES string of the molecule is COc1ccc(Cl)cc1NC(=O)c1cc(S(=O)(=O)N2CCCC2)ccc1Cl. The van der Waals surface area contributed by atoms with Gasteiger partial charge in [-0.2, -0.15) is 4.31 Å². The molecule has 9 heteroatoms. The molecule has 0 bridgehead atoms. The van der Waals surface area contributed by atoms with Crippen LogP contribution in [0.5, 0.6) is 5.75 Å². The molecule has 1 heterocycles. The van der Waals surface area contributed by atoms with Gasteiger partial charge >= 0.3 is 0 Å². The Bertz CT molecular complexity index is 973. The minimum atomic E-state index is -3.65. The number of ether oxygens (including phenoxy) is 1. The summed E-state index contributed by atoms with van der Waals surface area (Å²) in [5.74, 6) is -0.135. The van der Waals surface area contributed by atoms with Crippen molar-refractivity contribution in [3.63, 3.8) is 0 Å². The number of amides is 1. The summed E-state index contributed by atoms with van der Waals surface area (Å²) in [6, 6.07) is 8.90. The zero-order valence-corrected chi connectivity index (χ0v) is 16.9. The highest BCUT2D eigenvalue weighted by Gasteiger charge is 2.28. The van der Waals surface area contributed by atoms with E-state index in [2.05, 4.69) is 5.32 Å². The van der Waals surface area contributed by atoms with Crippen molar-refractivity contribution in [2.45, 2.75) is 17.7 Å². The molecule has 0 radical (unpaired) electrons. The molecule has 0 aromatic heterocycles. The lowest BCUT2D eigenvalue weighted by atomic mass is 10.2. The van der Waals surface area contributed by atoms with E-state index in [9.17, 15) is 13.2 Å². The molecule has 0 aliphatic carbocycles. The summed E-state index contributed by atoms with van der Waals surface area (Å²) in [4.78, 5) is 12.8. The summed E-state index contributed by atoms with van der Waals surface area (Å²) in [6.45, 7) is 0.957. The molecule has 1 amide bonds. The van der Waals surface area contributed by atoms with Gasteiger partial charge in [0.25, 0.3) is 5.91 Å². The fraction of sp³-hybridized carbons (Fsp3) is 0.278. The van der Waals surface area contributed by atoms with Crippen molar-refractivity contribution >= 4 is 44.8 Å². The van der Waals surface area contributed by atoms with E-state index in [4.69, 9.17) is 27.9 Å². The maximum absolute atomic E-state index is 12.7. The van der Waals surface area contributed by atoms with Crippen LogP contribution in [0, 0.1) is 0 Å². The molecule has 0 saturated carbocycles. The van der Waals surface area contributed by atoms with E-state index < -0.39 is 15.9 Å². The smallest absolute Gasteiger partial charge is 0.257 e. The summed E-state index contributed by atoms with van der Waals surface area (Å²) < 4.78 is 32.1. The van der Waals surface area contributed by atoms with Crippen molar-refractivity contribution in [1.29, 1.82) is 0 Å². The number of carbonyl (C=O) groups excluding carboxylic acids is 1. The van der Waals surface area contributed by atoms with E-state index in [1.807, 2.05) is 0 Å². The molecule has 3 rings (SSSR count). The highest BCUT2D eigenvalue weighted by atomic mass is 35.5. The predicted octanol–water partition coefficient (Wildman–Crippen LogP) is 4.04. The van der Waals surface area contributed by atoms with Crippen LogP contribution in [0.3, 0.4) is 0 Å². The number of anilines is 1. The van der Waals surface area contributed by atoms with E-state index in [0.717, 1.165) is 12.8 Å². The lowest BCUT2D eigenvalue weighted by molar-refractivity contribution is 0.102. The summed E-state index contributed by atoms with van der Waals surface area (Å²) in [6.07, 6.45) is 1.66. The Morgan fingerprint density at radius 1 is 1.11 bits per heavy atom. The highest BCUT2D eigenvalue weighted by molar-refractivity contribution is 7.89. The van der Waals surface area contributed by atoms with Crippen LogP contribution in [0.4, 0.5) is 5.69 Å². The maximum atomic E-state index is 12.7. The summed E-state index contributed by atoms with van der Waals surface area (Å²) in [5, 5.41) is 3.23. The standard InChI is InChI=1S/C18H18Cl2N2O4S/c1-26-17-7-4-12(19)10-16(17)21-18(23)14-11-13(5-6-15(14)20)27(24,25)22-8-2-3-9-22/h4-7,10-11H,2-3,8-9H2,1H3,(H,21,23). The number of sulfonamides is 1. The monoisotopic (exact) mass is 428 g/mol. The molecule has 1 aliphatic heterocycles. The van der Waals surface area contributed by atoms with Crippen molar-refractivity contribution in [1.82, 2.24) is 4.31 Å². The Balaban J connectivity index is 1.93. The van der Waals surface area contributed by atoms with Gasteiger partial charge in [-0.25, -0.2) is 8.42 Å². The molecule has 1 N–H and O–H groups in total. The average Bonchev–Trinajstić information content (AvgIpc) is 3.17. The maximum Gasteiger partial charge on any atom is 0.257 e. The second-order valence-electron chi connectivity index (χ2n) is 6.05. The molecule has 2 aromatic carbocycles. The van der Waals surface area contributed by atoms with E-state index in [-0.39, 0.29) is 15.5 Å². The fourth-order valence-electron chi connectivity index (χ4n) is 2.88. The first-order valence-corrected chi connectivity index (χ1v) is 10.5. The van der Waals surface area contributed by atoms with Gasteiger partial charge in [0, 0.05) is 18.1 Å². The van der Waals surface area contributed by atoms with E-state index >= 15 is 0 Å². The van der Waals surface area contributed by atoms with Crippen LogP contribution in [0.1, 0.15) is 23.2 Å². The number of nitrogens with zero attached hydrogens (tertiary/aromatic N) is 1. The van der Waals surface area contributed by atoms with E-state index in [1.165, 1.54) is 35.7 Å². The lowest BCUT2D eigenvalue weighted by Gasteiger charge is -2.17. The van der Waals surface area contributed by atoms with Crippen molar-refractivity contribution in [2.75, 3.05) is 25.5 Å². The molecule has 0 atom stereocenters. The van der Waals surface area contributed by atoms with Crippen molar-refractivity contribution in [3.05, 3.63) is 52.0 Å². The topological polar surface area (TPSA) is 75.7 Å². The van der Waals surface area contributed by atoms with Gasteiger partial charge < -0.3 is 10.1 Å². The van der Waals surface area contributed by atoms with Crippen molar-refractivity contribution in [3.8, 4) is 5.75 Å². The highest BCUT2D eigenvalue weighted by Crippen LogP contribution is 2.30. The number of hydrogen-bond acceptors (Lipinski definition) is 4. The first-order chi connectivity index (χ1) is 12.8. The number of rotatable bonds is 5. The number of halogens is 2. The summed E-state index contributed by atoms with van der Waals surface area (Å²) in [7, 11) is -2.19. The van der Waals surface area contributed by atoms with Gasteiger partial charge in [-0.1, -0.05) is 23.2 Å². The largest absolute Gasteiger partial charge is 0.495 e. The Hall–Kier alpha value is -1.80. The third-order valence-electron chi connectivity index (χ3n) is 4.29. The normalized spacial score (nSPS) is 14.9. The average molecular weight is 429 g/mol. The zero-order chi connectivity index (χ0) is 19.6. The van der Waals surface area contributed by atoms with Gasteiger partial charge in [-0.05, 0) is 49.2 Å². The van der Waals surface area contributed by atoms with Crippen LogP contribution in [-0.4, -0.2) is 38.8 Å². The van der Waals surface area contributed by atoms with Gasteiger partial charge in [-0.3, -0.25) is 4.79 Å². The van der Waals surface area contributed by atoms with E-state index in [0.29, 0.717) is 29.5 Å². The van der Waals surface area contributed by atoms with Gasteiger partial charge in [0.05, 0.1) is 28.3 Å². The zero-order valence-electron chi connectivity index (χ0n) is 14.5. The number of benzene rings is 2. The third-order valence-corrected chi connectivity index (χ3v) is 6.75. The Kier molecular flexibility index (Phi) is 5.95. The molecule has 2 aromatic rings. The van der Waals surface area contributed by atoms with Gasteiger partial charge in [0.15, 0.2) is 0 Å². The fourth-order valence-corrected chi connectivity index (χ4v) is 4.80. The molecule has 0 unspecified atom stereocenters. The number of hydrogen-bond donors (Lipinski definition) is 1. The quantitative estimate of drug-likeness (QED) is 0.779. The molecule has 1 saturated heterocycles. The van der Waals surface area contributed by atoms with Crippen LogP contribution in [-0.2, 0) is 10.0 Å². The third kappa shape index (κ3) is 4.21. The van der Waals surface area contributed by atoms with Gasteiger partial charge in [0.2, 0.25) is 10.0 Å². The summed E-state index contributed by atoms with van der Waals surface area (Å²) >= 11 is 12.1. The molecular weight excluding hydrogens is 411 g/mol. The number of methoxy groups -OCH3 is 1. The summed E-state index contributed by atoms with van der Waals surface area (Å²) in [5.41, 5.74) is 0.415. The van der Waals surface area contributed by atoms with Crippen LogP contribution in [0.15, 0.2) is 41.3 Å². The number of nitrogens with one attached hydrogen (secondary N) is 1. The second kappa shape index (κ2) is 8.06. The molecule has 0 spiro atoms. The number of carbonyl (C=O) groups is 1. The first-order valence-electron chi connectivity index (χ1n) is 8.27. The van der Waals surface area contributed by atoms with Crippen molar-refractivity contribution in [2.24, 2.45) is 0 Å². The van der Waals surface area contributed by atoms with Gasteiger partial charge in [0.1, 0.15) is 5.75 Å². The lowest BCUT2D eigenvalue weighted by Crippen LogP contribution is -2.28. The predicted molar refractivity (Wildman–Crippen MR) is 105 cm³/mol. The molecular formula is C18H18Cl2N2O4S. The van der Waals surface area contributed by atoms with Crippen LogP contribution >= 0.6 is 23.2 Å². The molecule has 1 fully saturated rings. The Morgan fingerprint density at radius 3 is 2.48 bits per heavy atom. The minimum Gasteiger partial charge on any atom is -0.495 e. The Labute approximate surface area is 168 Å². The van der Waals surface area contributed by atoms with Crippen LogP contribution in [0.2, 0.25) is 10.0 Å². The second-order valence-corrected chi connectivity index (χ2v) is 8.83. The molecule has 144 valence electrons.